The number of rotatable bonds is 6. The third kappa shape index (κ3) is 3.90. The molecule has 0 saturated heterocycles. The van der Waals surface area contributed by atoms with Crippen LogP contribution in [0, 0.1) is 0 Å². The van der Waals surface area contributed by atoms with E-state index in [1.807, 2.05) is 12.1 Å². The second-order valence-corrected chi connectivity index (χ2v) is 7.40. The van der Waals surface area contributed by atoms with Crippen molar-refractivity contribution in [3.05, 3.63) is 60.2 Å². The van der Waals surface area contributed by atoms with Gasteiger partial charge < -0.3 is 5.73 Å². The largest absolute Gasteiger partial charge is 0.368 e. The molecule has 0 saturated carbocycles. The lowest BCUT2D eigenvalue weighted by Crippen LogP contribution is -2.38. The van der Waals surface area contributed by atoms with Crippen LogP contribution in [0.1, 0.15) is 25.3 Å². The van der Waals surface area contributed by atoms with E-state index in [9.17, 15) is 13.2 Å². The number of sulfonamides is 1. The SMILES string of the molecule is CC(C)c1ccc(N(CC(N)=O)S(=O)(=O)c2ccccc2)cc1. The summed E-state index contributed by atoms with van der Waals surface area (Å²) < 4.78 is 26.6. The van der Waals surface area contributed by atoms with Gasteiger partial charge in [-0.15, -0.1) is 0 Å². The van der Waals surface area contributed by atoms with Crippen LogP contribution in [-0.4, -0.2) is 20.9 Å². The van der Waals surface area contributed by atoms with Crippen molar-refractivity contribution in [2.75, 3.05) is 10.8 Å². The second-order valence-electron chi connectivity index (χ2n) is 5.54. The third-order valence-corrected chi connectivity index (χ3v) is 5.27. The standard InChI is InChI=1S/C17H20N2O3S/c1-13(2)14-8-10-15(11-9-14)19(12-17(18)20)23(21,22)16-6-4-3-5-7-16/h3-11,13H,12H2,1-2H3,(H2,18,20). The van der Waals surface area contributed by atoms with Gasteiger partial charge in [0.15, 0.2) is 0 Å². The minimum Gasteiger partial charge on any atom is -0.368 e. The van der Waals surface area contributed by atoms with Crippen molar-refractivity contribution >= 4 is 21.6 Å². The van der Waals surface area contributed by atoms with Crippen LogP contribution in [-0.2, 0) is 14.8 Å². The first kappa shape index (κ1) is 17.0. The molecule has 1 amide bonds. The lowest BCUT2D eigenvalue weighted by Gasteiger charge is -2.23. The van der Waals surface area contributed by atoms with Gasteiger partial charge in [-0.1, -0.05) is 44.2 Å². The number of nitrogens with zero attached hydrogens (tertiary/aromatic N) is 1. The summed E-state index contributed by atoms with van der Waals surface area (Å²) in [6.45, 7) is 3.70. The predicted octanol–water partition coefficient (Wildman–Crippen LogP) is 2.49. The van der Waals surface area contributed by atoms with Crippen LogP contribution in [0.25, 0.3) is 0 Å². The topological polar surface area (TPSA) is 80.5 Å². The molecular weight excluding hydrogens is 312 g/mol. The maximum Gasteiger partial charge on any atom is 0.264 e. The summed E-state index contributed by atoms with van der Waals surface area (Å²) >= 11 is 0. The van der Waals surface area contributed by atoms with Gasteiger partial charge in [0.05, 0.1) is 10.6 Å². The van der Waals surface area contributed by atoms with Gasteiger partial charge in [-0.2, -0.15) is 0 Å². The number of hydrogen-bond donors (Lipinski definition) is 1. The number of benzene rings is 2. The monoisotopic (exact) mass is 332 g/mol. The highest BCUT2D eigenvalue weighted by molar-refractivity contribution is 7.92. The zero-order valence-corrected chi connectivity index (χ0v) is 14.0. The lowest BCUT2D eigenvalue weighted by atomic mass is 10.0. The maximum absolute atomic E-state index is 12.8. The minimum absolute atomic E-state index is 0.120. The molecule has 5 nitrogen and oxygen atoms in total. The molecule has 23 heavy (non-hydrogen) atoms. The molecule has 2 rings (SSSR count). The van der Waals surface area contributed by atoms with E-state index in [0.717, 1.165) is 9.87 Å². The van der Waals surface area contributed by atoms with E-state index in [1.165, 1.54) is 12.1 Å². The smallest absolute Gasteiger partial charge is 0.264 e. The summed E-state index contributed by atoms with van der Waals surface area (Å²) in [6.07, 6.45) is 0. The van der Waals surface area contributed by atoms with Crippen molar-refractivity contribution in [3.8, 4) is 0 Å². The number of nitrogens with two attached hydrogens (primary N) is 1. The molecule has 0 aliphatic heterocycles. The molecular formula is C17H20N2O3S. The molecule has 6 heteroatoms. The Morgan fingerprint density at radius 1 is 1.04 bits per heavy atom. The van der Waals surface area contributed by atoms with Crippen molar-refractivity contribution in [2.24, 2.45) is 5.73 Å². The molecule has 0 spiro atoms. The summed E-state index contributed by atoms with van der Waals surface area (Å²) in [7, 11) is -3.85. The Hall–Kier alpha value is -2.34. The quantitative estimate of drug-likeness (QED) is 0.882. The Morgan fingerprint density at radius 2 is 1.61 bits per heavy atom. The van der Waals surface area contributed by atoms with Gasteiger partial charge in [0.25, 0.3) is 10.0 Å². The van der Waals surface area contributed by atoms with Crippen molar-refractivity contribution in [3.63, 3.8) is 0 Å². The first-order valence-electron chi connectivity index (χ1n) is 7.28. The van der Waals surface area contributed by atoms with Gasteiger partial charge in [-0.3, -0.25) is 9.10 Å². The Kier molecular flexibility index (Phi) is 5.05. The van der Waals surface area contributed by atoms with E-state index in [2.05, 4.69) is 13.8 Å². The number of carbonyl (C=O) groups excluding carboxylic acids is 1. The number of anilines is 1. The molecule has 2 aromatic carbocycles. The predicted molar refractivity (Wildman–Crippen MR) is 90.7 cm³/mol. The van der Waals surface area contributed by atoms with E-state index < -0.39 is 22.5 Å². The summed E-state index contributed by atoms with van der Waals surface area (Å²) in [5.74, 6) is -0.378. The van der Waals surface area contributed by atoms with Gasteiger partial charge >= 0.3 is 0 Å². The summed E-state index contributed by atoms with van der Waals surface area (Å²) in [5, 5.41) is 0. The maximum atomic E-state index is 12.8. The summed E-state index contributed by atoms with van der Waals surface area (Å²) in [5.41, 5.74) is 6.74. The molecule has 0 aliphatic rings. The highest BCUT2D eigenvalue weighted by Gasteiger charge is 2.26. The second kappa shape index (κ2) is 6.83. The van der Waals surface area contributed by atoms with Gasteiger partial charge in [0, 0.05) is 0 Å². The lowest BCUT2D eigenvalue weighted by molar-refractivity contribution is -0.116. The summed E-state index contributed by atoms with van der Waals surface area (Å²) in [4.78, 5) is 11.5. The van der Waals surface area contributed by atoms with Crippen LogP contribution in [0.15, 0.2) is 59.5 Å². The fourth-order valence-electron chi connectivity index (χ4n) is 2.20. The molecule has 0 bridgehead atoms. The first-order valence-corrected chi connectivity index (χ1v) is 8.72. The van der Waals surface area contributed by atoms with E-state index in [-0.39, 0.29) is 4.90 Å². The number of hydrogen-bond acceptors (Lipinski definition) is 3. The van der Waals surface area contributed by atoms with Gasteiger partial charge in [0.1, 0.15) is 6.54 Å². The van der Waals surface area contributed by atoms with E-state index in [1.54, 1.807) is 30.3 Å². The normalized spacial score (nSPS) is 11.4. The zero-order chi connectivity index (χ0) is 17.0. The van der Waals surface area contributed by atoms with E-state index in [4.69, 9.17) is 5.73 Å². The van der Waals surface area contributed by atoms with Crippen molar-refractivity contribution in [1.82, 2.24) is 0 Å². The zero-order valence-electron chi connectivity index (χ0n) is 13.1. The Morgan fingerprint density at radius 3 is 2.09 bits per heavy atom. The Labute approximate surface area is 136 Å². The van der Waals surface area contributed by atoms with E-state index in [0.29, 0.717) is 11.6 Å². The molecule has 122 valence electrons. The van der Waals surface area contributed by atoms with Crippen LogP contribution in [0.5, 0.6) is 0 Å². The fourth-order valence-corrected chi connectivity index (χ4v) is 3.65. The molecule has 2 aromatic rings. The van der Waals surface area contributed by atoms with Crippen molar-refractivity contribution in [2.45, 2.75) is 24.7 Å². The molecule has 0 radical (unpaired) electrons. The molecule has 0 unspecified atom stereocenters. The first-order chi connectivity index (χ1) is 10.8. The number of primary amides is 1. The Balaban J connectivity index is 2.47. The molecule has 0 aromatic heterocycles. The molecule has 2 N–H and O–H groups in total. The minimum atomic E-state index is -3.85. The highest BCUT2D eigenvalue weighted by atomic mass is 32.2. The molecule has 0 aliphatic carbocycles. The average Bonchev–Trinajstić information content (AvgIpc) is 2.53. The number of carbonyl (C=O) groups is 1. The van der Waals surface area contributed by atoms with Gasteiger partial charge in [0.2, 0.25) is 5.91 Å². The van der Waals surface area contributed by atoms with Crippen molar-refractivity contribution in [1.29, 1.82) is 0 Å². The van der Waals surface area contributed by atoms with Crippen LogP contribution < -0.4 is 10.0 Å². The van der Waals surface area contributed by atoms with Gasteiger partial charge in [-0.25, -0.2) is 8.42 Å². The van der Waals surface area contributed by atoms with Crippen LogP contribution in [0.2, 0.25) is 0 Å². The number of amides is 1. The molecule has 0 heterocycles. The van der Waals surface area contributed by atoms with E-state index >= 15 is 0 Å². The van der Waals surface area contributed by atoms with Crippen LogP contribution >= 0.6 is 0 Å². The van der Waals surface area contributed by atoms with Crippen molar-refractivity contribution < 1.29 is 13.2 Å². The highest BCUT2D eigenvalue weighted by Crippen LogP contribution is 2.25. The Bertz CT molecular complexity index is 769. The molecule has 0 atom stereocenters. The third-order valence-electron chi connectivity index (χ3n) is 3.48. The van der Waals surface area contributed by atoms with Crippen LogP contribution in [0.3, 0.4) is 0 Å². The van der Waals surface area contributed by atoms with Gasteiger partial charge in [-0.05, 0) is 35.7 Å². The molecule has 0 fully saturated rings. The average molecular weight is 332 g/mol. The fraction of sp³-hybridized carbons (Fsp3) is 0.235. The summed E-state index contributed by atoms with van der Waals surface area (Å²) in [6, 6.07) is 15.1. The van der Waals surface area contributed by atoms with Crippen LogP contribution in [0.4, 0.5) is 5.69 Å².